The van der Waals surface area contributed by atoms with Gasteiger partial charge in [0.25, 0.3) is 0 Å². The number of hydrogen-bond donors (Lipinski definition) is 3. The molecule has 0 spiro atoms. The van der Waals surface area contributed by atoms with E-state index in [1.807, 2.05) is 11.9 Å². The topological polar surface area (TPSA) is 65.1 Å². The van der Waals surface area contributed by atoms with E-state index in [0.29, 0.717) is 6.04 Å². The maximum atomic E-state index is 7.61. The van der Waals surface area contributed by atoms with E-state index < -0.39 is 0 Å². The Morgan fingerprint density at radius 1 is 1.32 bits per heavy atom. The van der Waals surface area contributed by atoms with Crippen molar-refractivity contribution in [3.05, 3.63) is 0 Å². The van der Waals surface area contributed by atoms with Gasteiger partial charge in [-0.05, 0) is 19.9 Å². The summed E-state index contributed by atoms with van der Waals surface area (Å²) in [6, 6.07) is 0.636. The van der Waals surface area contributed by atoms with Crippen LogP contribution < -0.4 is 11.1 Å². The average molecular weight is 270 g/mol. The molecule has 0 aromatic carbocycles. The van der Waals surface area contributed by atoms with Gasteiger partial charge < -0.3 is 20.4 Å². The fourth-order valence-corrected chi connectivity index (χ4v) is 3.52. The number of guanidine groups is 1. The first-order valence-electron chi connectivity index (χ1n) is 7.69. The number of hydrogen-bond acceptors (Lipinski definition) is 2. The Hall–Kier alpha value is -0.810. The Bertz CT molecular complexity index is 273. The summed E-state index contributed by atoms with van der Waals surface area (Å²) >= 11 is 0. The molecule has 1 fully saturated rings. The maximum Gasteiger partial charge on any atom is 0.188 e. The molecule has 0 aromatic rings. The van der Waals surface area contributed by atoms with Crippen molar-refractivity contribution in [2.24, 2.45) is 5.73 Å². The molecule has 1 rings (SSSR count). The minimum atomic E-state index is 0.238. The zero-order valence-electron chi connectivity index (χ0n) is 12.9. The molecule has 0 aliphatic carbocycles. The highest BCUT2D eigenvalue weighted by Crippen LogP contribution is 2.24. The molecule has 1 heterocycles. The molecule has 1 aliphatic heterocycles. The summed E-state index contributed by atoms with van der Waals surface area (Å²) in [5.74, 6) is 0.238. The van der Waals surface area contributed by atoms with Gasteiger partial charge in [0.05, 0.1) is 26.2 Å². The number of likely N-dealkylation sites (N-methyl/N-ethyl adjacent to an activating group) is 1. The molecule has 112 valence electrons. The second-order valence-corrected chi connectivity index (χ2v) is 5.77. The third-order valence-electron chi connectivity index (χ3n) is 4.42. The smallest absolute Gasteiger partial charge is 0.188 e. The van der Waals surface area contributed by atoms with E-state index in [9.17, 15) is 0 Å². The maximum absolute atomic E-state index is 7.61. The summed E-state index contributed by atoms with van der Waals surface area (Å²) in [6.45, 7) is 11.2. The fraction of sp³-hybridized carbons (Fsp3) is 0.929. The van der Waals surface area contributed by atoms with Crippen LogP contribution in [0.25, 0.3) is 0 Å². The van der Waals surface area contributed by atoms with Gasteiger partial charge in [0.15, 0.2) is 5.96 Å². The van der Waals surface area contributed by atoms with Gasteiger partial charge >= 0.3 is 0 Å². The van der Waals surface area contributed by atoms with Crippen molar-refractivity contribution < 1.29 is 4.48 Å². The predicted octanol–water partition coefficient (Wildman–Crippen LogP) is 0.810. The molecule has 1 saturated heterocycles. The molecule has 5 nitrogen and oxygen atoms in total. The number of nitrogens with one attached hydrogen (secondary N) is 2. The monoisotopic (exact) mass is 270 g/mol. The van der Waals surface area contributed by atoms with E-state index in [1.165, 1.54) is 43.4 Å². The van der Waals surface area contributed by atoms with Gasteiger partial charge in [0, 0.05) is 19.5 Å². The number of nitrogens with two attached hydrogens (primary N) is 1. The molecule has 0 saturated carbocycles. The van der Waals surface area contributed by atoms with Crippen LogP contribution in [0.1, 0.15) is 33.1 Å². The lowest BCUT2D eigenvalue weighted by atomic mass is 10.1. The van der Waals surface area contributed by atoms with Crippen molar-refractivity contribution in [2.45, 2.75) is 39.2 Å². The van der Waals surface area contributed by atoms with Crippen molar-refractivity contribution in [3.63, 3.8) is 0 Å². The Morgan fingerprint density at radius 3 is 2.37 bits per heavy atom. The number of rotatable bonds is 8. The highest BCUT2D eigenvalue weighted by Gasteiger charge is 2.40. The number of likely N-dealkylation sites (tertiary alicyclic amines) is 1. The van der Waals surface area contributed by atoms with Gasteiger partial charge in [-0.2, -0.15) is 0 Å². The van der Waals surface area contributed by atoms with Gasteiger partial charge in [0.2, 0.25) is 0 Å². The zero-order valence-corrected chi connectivity index (χ0v) is 12.9. The van der Waals surface area contributed by atoms with E-state index >= 15 is 0 Å². The second-order valence-electron chi connectivity index (χ2n) is 5.77. The van der Waals surface area contributed by atoms with Crippen molar-refractivity contribution in [2.75, 3.05) is 46.3 Å². The fourth-order valence-electron chi connectivity index (χ4n) is 3.52. The quantitative estimate of drug-likeness (QED) is 0.347. The van der Waals surface area contributed by atoms with E-state index in [-0.39, 0.29) is 5.96 Å². The van der Waals surface area contributed by atoms with Crippen molar-refractivity contribution in [3.8, 4) is 0 Å². The molecule has 0 aromatic heterocycles. The Morgan fingerprint density at radius 2 is 1.95 bits per heavy atom. The first-order valence-corrected chi connectivity index (χ1v) is 7.69. The largest absolute Gasteiger partial charge is 0.370 e. The summed E-state index contributed by atoms with van der Waals surface area (Å²) in [7, 11) is 2.03. The van der Waals surface area contributed by atoms with E-state index in [0.717, 1.165) is 19.6 Å². The molecule has 19 heavy (non-hydrogen) atoms. The van der Waals surface area contributed by atoms with Crippen LogP contribution in [0.5, 0.6) is 0 Å². The highest BCUT2D eigenvalue weighted by molar-refractivity contribution is 5.74. The molecule has 5 heteroatoms. The molecule has 1 atom stereocenters. The predicted molar refractivity (Wildman–Crippen MR) is 81.3 cm³/mol. The molecule has 0 radical (unpaired) electrons. The minimum Gasteiger partial charge on any atom is -0.370 e. The van der Waals surface area contributed by atoms with Gasteiger partial charge in [-0.15, -0.1) is 0 Å². The zero-order chi connectivity index (χ0) is 14.3. The molecule has 4 N–H and O–H groups in total. The summed E-state index contributed by atoms with van der Waals surface area (Å²) in [4.78, 5) is 2.03. The minimum absolute atomic E-state index is 0.238. The average Bonchev–Trinajstić information content (AvgIpc) is 2.86. The molecule has 1 unspecified atom stereocenters. The second kappa shape index (κ2) is 7.70. The van der Waals surface area contributed by atoms with Gasteiger partial charge in [-0.3, -0.25) is 5.41 Å². The lowest BCUT2D eigenvalue weighted by molar-refractivity contribution is -0.948. The first-order chi connectivity index (χ1) is 9.09. The third-order valence-corrected chi connectivity index (χ3v) is 4.42. The SMILES string of the molecule is CCC[N+](CCC)(CCNC)C1CCN(C(=N)N)C1. The van der Waals surface area contributed by atoms with Crippen molar-refractivity contribution in [1.82, 2.24) is 10.2 Å². The van der Waals surface area contributed by atoms with Crippen molar-refractivity contribution >= 4 is 5.96 Å². The number of quaternary nitrogens is 1. The summed E-state index contributed by atoms with van der Waals surface area (Å²) < 4.78 is 1.19. The number of nitrogens with zero attached hydrogens (tertiary/aromatic N) is 2. The highest BCUT2D eigenvalue weighted by atomic mass is 15.4. The lowest BCUT2D eigenvalue weighted by Crippen LogP contribution is -2.59. The standard InChI is InChI=1S/C14H32N5/c1-4-9-19(10-5-2,11-7-17-3)13-6-8-18(12-13)14(15)16/h13,17H,4-12H2,1-3H3,(H3,15,16)/q+1. The molecular weight excluding hydrogens is 238 g/mol. The van der Waals surface area contributed by atoms with Gasteiger partial charge in [0.1, 0.15) is 6.04 Å². The Labute approximate surface area is 118 Å². The van der Waals surface area contributed by atoms with Crippen LogP contribution in [0.2, 0.25) is 0 Å². The lowest BCUT2D eigenvalue weighted by Gasteiger charge is -2.43. The van der Waals surface area contributed by atoms with E-state index in [2.05, 4.69) is 19.2 Å². The Kier molecular flexibility index (Phi) is 6.58. The van der Waals surface area contributed by atoms with Crippen LogP contribution in [0.3, 0.4) is 0 Å². The summed E-state index contributed by atoms with van der Waals surface area (Å²) in [6.07, 6.45) is 3.61. The van der Waals surface area contributed by atoms with E-state index in [4.69, 9.17) is 11.1 Å². The van der Waals surface area contributed by atoms with Crippen molar-refractivity contribution in [1.29, 1.82) is 5.41 Å². The summed E-state index contributed by atoms with van der Waals surface area (Å²) in [5.41, 5.74) is 5.64. The summed E-state index contributed by atoms with van der Waals surface area (Å²) in [5, 5.41) is 10.9. The molecule has 0 bridgehead atoms. The van der Waals surface area contributed by atoms with Crippen LogP contribution in [-0.4, -0.2) is 67.7 Å². The van der Waals surface area contributed by atoms with Crippen LogP contribution in [0, 0.1) is 5.41 Å². The van der Waals surface area contributed by atoms with Crippen LogP contribution in [-0.2, 0) is 0 Å². The third kappa shape index (κ3) is 4.08. The molecular formula is C14H32N5+. The molecule has 0 amide bonds. The van der Waals surface area contributed by atoms with Gasteiger partial charge in [-0.1, -0.05) is 13.8 Å². The van der Waals surface area contributed by atoms with Crippen LogP contribution >= 0.6 is 0 Å². The molecule has 1 aliphatic rings. The van der Waals surface area contributed by atoms with Gasteiger partial charge in [-0.25, -0.2) is 0 Å². The van der Waals surface area contributed by atoms with E-state index in [1.54, 1.807) is 0 Å². The van der Waals surface area contributed by atoms with Crippen LogP contribution in [0.4, 0.5) is 0 Å². The van der Waals surface area contributed by atoms with Crippen LogP contribution in [0.15, 0.2) is 0 Å². The first kappa shape index (κ1) is 16.2. The Balaban J connectivity index is 2.78. The normalized spacial score (nSPS) is 19.9.